The van der Waals surface area contributed by atoms with Crippen molar-refractivity contribution in [3.63, 3.8) is 0 Å². The van der Waals surface area contributed by atoms with E-state index in [0.29, 0.717) is 11.7 Å². The first kappa shape index (κ1) is 15.4. The minimum atomic E-state index is 0.0536. The van der Waals surface area contributed by atoms with Crippen LogP contribution < -0.4 is 4.74 Å². The Morgan fingerprint density at radius 3 is 2.96 bits per heavy atom. The molecule has 0 saturated carbocycles. The number of hydrogen-bond acceptors (Lipinski definition) is 4. The lowest BCUT2D eigenvalue weighted by Gasteiger charge is -2.43. The van der Waals surface area contributed by atoms with E-state index >= 15 is 0 Å². The fraction of sp³-hybridized carbons (Fsp3) is 0.474. The quantitative estimate of drug-likeness (QED) is 0.851. The number of methoxy groups -OCH3 is 1. The van der Waals surface area contributed by atoms with Gasteiger partial charge in [-0.05, 0) is 43.7 Å². The van der Waals surface area contributed by atoms with Crippen LogP contribution in [0.2, 0.25) is 0 Å². The highest BCUT2D eigenvalue weighted by atomic mass is 16.5. The number of benzene rings is 1. The van der Waals surface area contributed by atoms with Crippen LogP contribution in [0.25, 0.3) is 10.9 Å². The molecule has 0 bridgehead atoms. The normalized spacial score (nSPS) is 21.5. The molecule has 5 nitrogen and oxygen atoms in total. The summed E-state index contributed by atoms with van der Waals surface area (Å²) < 4.78 is 5.24. The number of piperidine rings is 1. The van der Waals surface area contributed by atoms with Crippen LogP contribution >= 0.6 is 0 Å². The van der Waals surface area contributed by atoms with Crippen molar-refractivity contribution in [3.05, 3.63) is 36.0 Å². The van der Waals surface area contributed by atoms with Crippen molar-refractivity contribution in [3.8, 4) is 5.75 Å². The molecule has 1 atom stereocenters. The number of hydrogen-bond donors (Lipinski definition) is 0. The fourth-order valence-corrected chi connectivity index (χ4v) is 3.85. The summed E-state index contributed by atoms with van der Waals surface area (Å²) in [5, 5.41) is 0.989. The van der Waals surface area contributed by atoms with Gasteiger partial charge in [0.05, 0.1) is 12.6 Å². The van der Waals surface area contributed by atoms with Crippen molar-refractivity contribution in [2.24, 2.45) is 0 Å². The van der Waals surface area contributed by atoms with Gasteiger partial charge in [-0.1, -0.05) is 12.5 Å². The first-order chi connectivity index (χ1) is 11.7. The molecule has 1 aromatic heterocycles. The van der Waals surface area contributed by atoms with Crippen molar-refractivity contribution < 1.29 is 9.53 Å². The standard InChI is InChI=1S/C19H23N3O2/c1-24-16-6-8-17-14(12-16)5-7-18(20-17)19(23)22-11-10-21-9-3-2-4-15(21)13-22/h5-8,12,15H,2-4,9-11,13H2,1H3/t15-/m0/s1. The average molecular weight is 325 g/mol. The summed E-state index contributed by atoms with van der Waals surface area (Å²) in [4.78, 5) is 21.9. The molecule has 2 saturated heterocycles. The largest absolute Gasteiger partial charge is 0.497 e. The lowest BCUT2D eigenvalue weighted by Crippen LogP contribution is -2.56. The second kappa shape index (κ2) is 6.40. The molecule has 126 valence electrons. The van der Waals surface area contributed by atoms with E-state index in [1.165, 1.54) is 25.8 Å². The molecule has 5 heteroatoms. The molecular weight excluding hydrogens is 302 g/mol. The SMILES string of the molecule is COc1ccc2nc(C(=O)N3CCN4CCCC[C@H]4C3)ccc2c1. The second-order valence-corrected chi connectivity index (χ2v) is 6.69. The van der Waals surface area contributed by atoms with E-state index in [0.717, 1.165) is 36.3 Å². The Morgan fingerprint density at radius 1 is 1.17 bits per heavy atom. The Hall–Kier alpha value is -2.14. The second-order valence-electron chi connectivity index (χ2n) is 6.69. The van der Waals surface area contributed by atoms with Crippen LogP contribution in [0.5, 0.6) is 5.75 Å². The van der Waals surface area contributed by atoms with Gasteiger partial charge in [-0.2, -0.15) is 0 Å². The number of carbonyl (C=O) groups excluding carboxylic acids is 1. The number of aromatic nitrogens is 1. The fourth-order valence-electron chi connectivity index (χ4n) is 3.85. The summed E-state index contributed by atoms with van der Waals surface area (Å²) in [5.41, 5.74) is 1.37. The van der Waals surface area contributed by atoms with Crippen LogP contribution in [-0.2, 0) is 0 Å². The van der Waals surface area contributed by atoms with Crippen LogP contribution in [0.4, 0.5) is 0 Å². The van der Waals surface area contributed by atoms with Crippen molar-refractivity contribution in [1.29, 1.82) is 0 Å². The predicted octanol–water partition coefficient (Wildman–Crippen LogP) is 2.55. The third-order valence-corrected chi connectivity index (χ3v) is 5.24. The molecule has 2 aliphatic rings. The monoisotopic (exact) mass is 325 g/mol. The molecule has 2 aromatic rings. The number of piperazine rings is 1. The maximum Gasteiger partial charge on any atom is 0.272 e. The molecule has 1 amide bonds. The summed E-state index contributed by atoms with van der Waals surface area (Å²) in [6.07, 6.45) is 3.77. The van der Waals surface area contributed by atoms with Gasteiger partial charge in [0.2, 0.25) is 0 Å². The zero-order valence-electron chi connectivity index (χ0n) is 14.1. The summed E-state index contributed by atoms with van der Waals surface area (Å²) in [6.45, 7) is 3.81. The molecule has 2 aliphatic heterocycles. The Labute approximate surface area is 142 Å². The number of amides is 1. The number of fused-ring (bicyclic) bond motifs is 2. The molecule has 4 rings (SSSR count). The first-order valence-corrected chi connectivity index (χ1v) is 8.73. The predicted molar refractivity (Wildman–Crippen MR) is 93.4 cm³/mol. The van der Waals surface area contributed by atoms with Crippen molar-refractivity contribution >= 4 is 16.8 Å². The van der Waals surface area contributed by atoms with Crippen LogP contribution in [0, 0.1) is 0 Å². The van der Waals surface area contributed by atoms with Crippen LogP contribution in [-0.4, -0.2) is 60.0 Å². The van der Waals surface area contributed by atoms with Gasteiger partial charge in [-0.25, -0.2) is 4.98 Å². The maximum atomic E-state index is 12.9. The number of rotatable bonds is 2. The van der Waals surface area contributed by atoms with Crippen molar-refractivity contribution in [1.82, 2.24) is 14.8 Å². The van der Waals surface area contributed by atoms with E-state index in [1.54, 1.807) is 7.11 Å². The van der Waals surface area contributed by atoms with E-state index in [-0.39, 0.29) is 5.91 Å². The van der Waals surface area contributed by atoms with Gasteiger partial charge in [0, 0.05) is 31.1 Å². The first-order valence-electron chi connectivity index (χ1n) is 8.73. The van der Waals surface area contributed by atoms with E-state index in [9.17, 15) is 4.79 Å². The summed E-state index contributed by atoms with van der Waals surface area (Å²) in [6, 6.07) is 10.0. The summed E-state index contributed by atoms with van der Waals surface area (Å²) in [5.74, 6) is 0.856. The van der Waals surface area contributed by atoms with E-state index in [2.05, 4.69) is 9.88 Å². The molecular formula is C19H23N3O2. The van der Waals surface area contributed by atoms with Gasteiger partial charge >= 0.3 is 0 Å². The highest BCUT2D eigenvalue weighted by Gasteiger charge is 2.31. The van der Waals surface area contributed by atoms with Crippen molar-refractivity contribution in [2.45, 2.75) is 25.3 Å². The zero-order chi connectivity index (χ0) is 16.5. The van der Waals surface area contributed by atoms with Gasteiger partial charge in [-0.3, -0.25) is 9.69 Å². The third-order valence-electron chi connectivity index (χ3n) is 5.24. The van der Waals surface area contributed by atoms with Crippen LogP contribution in [0.15, 0.2) is 30.3 Å². The summed E-state index contributed by atoms with van der Waals surface area (Å²) >= 11 is 0. The lowest BCUT2D eigenvalue weighted by molar-refractivity contribution is 0.0368. The van der Waals surface area contributed by atoms with E-state index in [1.807, 2.05) is 35.2 Å². The van der Waals surface area contributed by atoms with Crippen LogP contribution in [0.3, 0.4) is 0 Å². The van der Waals surface area contributed by atoms with Gasteiger partial charge < -0.3 is 9.64 Å². The number of nitrogens with zero attached hydrogens (tertiary/aromatic N) is 3. The molecule has 0 spiro atoms. The summed E-state index contributed by atoms with van der Waals surface area (Å²) in [7, 11) is 1.65. The van der Waals surface area contributed by atoms with Crippen molar-refractivity contribution in [2.75, 3.05) is 33.3 Å². The van der Waals surface area contributed by atoms with Gasteiger partial charge in [0.1, 0.15) is 11.4 Å². The van der Waals surface area contributed by atoms with Gasteiger partial charge in [0.15, 0.2) is 0 Å². The topological polar surface area (TPSA) is 45.7 Å². The smallest absolute Gasteiger partial charge is 0.272 e. The van der Waals surface area contributed by atoms with E-state index < -0.39 is 0 Å². The third kappa shape index (κ3) is 2.84. The number of carbonyl (C=O) groups is 1. The van der Waals surface area contributed by atoms with Crippen LogP contribution in [0.1, 0.15) is 29.8 Å². The zero-order valence-corrected chi connectivity index (χ0v) is 14.1. The minimum absolute atomic E-state index is 0.0536. The maximum absolute atomic E-state index is 12.9. The Morgan fingerprint density at radius 2 is 2.08 bits per heavy atom. The minimum Gasteiger partial charge on any atom is -0.497 e. The van der Waals surface area contributed by atoms with E-state index in [4.69, 9.17) is 4.74 Å². The molecule has 0 unspecified atom stereocenters. The molecule has 24 heavy (non-hydrogen) atoms. The molecule has 0 aliphatic carbocycles. The average Bonchev–Trinajstić information content (AvgIpc) is 2.66. The Kier molecular flexibility index (Phi) is 4.10. The van der Waals surface area contributed by atoms with Gasteiger partial charge in [0.25, 0.3) is 5.91 Å². The molecule has 2 fully saturated rings. The molecule has 1 aromatic carbocycles. The Bertz CT molecular complexity index is 761. The highest BCUT2D eigenvalue weighted by molar-refractivity contribution is 5.95. The number of pyridine rings is 1. The Balaban J connectivity index is 1.54. The number of ether oxygens (including phenoxy) is 1. The van der Waals surface area contributed by atoms with Gasteiger partial charge in [-0.15, -0.1) is 0 Å². The lowest BCUT2D eigenvalue weighted by atomic mass is 9.99. The highest BCUT2D eigenvalue weighted by Crippen LogP contribution is 2.23. The molecule has 3 heterocycles. The molecule has 0 radical (unpaired) electrons. The molecule has 0 N–H and O–H groups in total.